The van der Waals surface area contributed by atoms with Crippen LogP contribution >= 0.6 is 0 Å². The Hall–Kier alpha value is -1.76. The Labute approximate surface area is 147 Å². The molecule has 4 nitrogen and oxygen atoms in total. The molecule has 2 rings (SSSR count). The van der Waals surface area contributed by atoms with Crippen LogP contribution in [0.4, 0.5) is 13.2 Å². The van der Waals surface area contributed by atoms with E-state index >= 15 is 0 Å². The lowest BCUT2D eigenvalue weighted by molar-refractivity contribution is -0.137. The summed E-state index contributed by atoms with van der Waals surface area (Å²) in [5.41, 5.74) is -0.0613. The maximum absolute atomic E-state index is 12.7. The highest BCUT2D eigenvalue weighted by Crippen LogP contribution is 2.29. The summed E-state index contributed by atoms with van der Waals surface area (Å²) in [6.45, 7) is 1.95. The Morgan fingerprint density at radius 3 is 2.60 bits per heavy atom. The van der Waals surface area contributed by atoms with E-state index in [0.717, 1.165) is 25.2 Å². The number of aliphatic imine (C=N–C) groups is 1. The molecule has 0 bridgehead atoms. The molecular formula is C18H27F3N4. The van der Waals surface area contributed by atoms with E-state index in [-0.39, 0.29) is 0 Å². The zero-order valence-electron chi connectivity index (χ0n) is 14.9. The van der Waals surface area contributed by atoms with Crippen LogP contribution in [-0.2, 0) is 12.7 Å². The second-order valence-corrected chi connectivity index (χ2v) is 6.47. The average molecular weight is 356 g/mol. The lowest BCUT2D eigenvalue weighted by atomic mass is 10.1. The Morgan fingerprint density at radius 1 is 1.24 bits per heavy atom. The fourth-order valence-corrected chi connectivity index (χ4v) is 3.14. The highest BCUT2D eigenvalue weighted by Gasteiger charge is 2.30. The molecule has 1 aliphatic rings. The van der Waals surface area contributed by atoms with Crippen LogP contribution in [0.1, 0.15) is 36.8 Å². The van der Waals surface area contributed by atoms with E-state index in [4.69, 9.17) is 0 Å². The first kappa shape index (κ1) is 19.6. The standard InChI is InChI=1S/C18H27F3N4/c1-22-17(23-10-11-25(2)16-8-3-4-9-16)24-13-14-6-5-7-15(12-14)18(19,20)21/h5-7,12,16H,3-4,8-11,13H2,1-2H3,(H2,22,23,24). The molecule has 0 heterocycles. The van der Waals surface area contributed by atoms with Crippen molar-refractivity contribution in [3.63, 3.8) is 0 Å². The fourth-order valence-electron chi connectivity index (χ4n) is 3.14. The molecule has 1 saturated carbocycles. The van der Waals surface area contributed by atoms with Crippen LogP contribution in [0.2, 0.25) is 0 Å². The molecule has 1 fully saturated rings. The molecule has 2 N–H and O–H groups in total. The minimum atomic E-state index is -4.32. The second-order valence-electron chi connectivity index (χ2n) is 6.47. The van der Waals surface area contributed by atoms with Gasteiger partial charge in [0, 0.05) is 32.7 Å². The highest BCUT2D eigenvalue weighted by atomic mass is 19.4. The van der Waals surface area contributed by atoms with Crippen molar-refractivity contribution in [2.45, 2.75) is 44.4 Å². The average Bonchev–Trinajstić information content (AvgIpc) is 3.12. The van der Waals surface area contributed by atoms with Gasteiger partial charge in [0.25, 0.3) is 0 Å². The first-order valence-electron chi connectivity index (χ1n) is 8.71. The largest absolute Gasteiger partial charge is 0.416 e. The Morgan fingerprint density at radius 2 is 1.96 bits per heavy atom. The molecule has 7 heteroatoms. The van der Waals surface area contributed by atoms with Crippen molar-refractivity contribution < 1.29 is 13.2 Å². The fraction of sp³-hybridized carbons (Fsp3) is 0.611. The molecule has 1 aromatic rings. The van der Waals surface area contributed by atoms with Crippen molar-refractivity contribution in [1.82, 2.24) is 15.5 Å². The number of benzene rings is 1. The molecule has 25 heavy (non-hydrogen) atoms. The van der Waals surface area contributed by atoms with Gasteiger partial charge in [-0.15, -0.1) is 0 Å². The van der Waals surface area contributed by atoms with Gasteiger partial charge in [-0.25, -0.2) is 0 Å². The molecule has 1 aromatic carbocycles. The van der Waals surface area contributed by atoms with Crippen LogP contribution < -0.4 is 10.6 Å². The van der Waals surface area contributed by atoms with Crippen LogP contribution in [0, 0.1) is 0 Å². The summed E-state index contributed by atoms with van der Waals surface area (Å²) in [5, 5.41) is 6.27. The van der Waals surface area contributed by atoms with Crippen LogP contribution in [-0.4, -0.2) is 44.1 Å². The molecule has 0 aromatic heterocycles. The number of rotatable bonds is 6. The number of guanidine groups is 1. The smallest absolute Gasteiger partial charge is 0.355 e. The Balaban J connectivity index is 1.76. The summed E-state index contributed by atoms with van der Waals surface area (Å²) >= 11 is 0. The molecule has 0 amide bonds. The Bertz CT molecular complexity index is 566. The van der Waals surface area contributed by atoms with Crippen LogP contribution in [0.15, 0.2) is 29.3 Å². The van der Waals surface area contributed by atoms with Gasteiger partial charge in [0.2, 0.25) is 0 Å². The van der Waals surface area contributed by atoms with Gasteiger partial charge in [0.15, 0.2) is 5.96 Å². The number of halogens is 3. The number of nitrogens with zero attached hydrogens (tertiary/aromatic N) is 2. The van der Waals surface area contributed by atoms with E-state index in [9.17, 15) is 13.2 Å². The second kappa shape index (κ2) is 9.08. The predicted octanol–water partition coefficient (Wildman–Crippen LogP) is 3.24. The molecule has 0 aliphatic heterocycles. The van der Waals surface area contributed by atoms with Gasteiger partial charge >= 0.3 is 6.18 Å². The molecule has 0 saturated heterocycles. The lowest BCUT2D eigenvalue weighted by Crippen LogP contribution is -2.42. The van der Waals surface area contributed by atoms with E-state index < -0.39 is 11.7 Å². The predicted molar refractivity (Wildman–Crippen MR) is 94.5 cm³/mol. The topological polar surface area (TPSA) is 39.7 Å². The van der Waals surface area contributed by atoms with Gasteiger partial charge in [-0.2, -0.15) is 13.2 Å². The van der Waals surface area contributed by atoms with E-state index in [1.165, 1.54) is 31.7 Å². The molecule has 0 radical (unpaired) electrons. The quantitative estimate of drug-likeness (QED) is 0.607. The first-order valence-corrected chi connectivity index (χ1v) is 8.71. The summed E-state index contributed by atoms with van der Waals surface area (Å²) in [5.74, 6) is 0.595. The summed E-state index contributed by atoms with van der Waals surface area (Å²) in [6.07, 6.45) is 0.824. The van der Waals surface area contributed by atoms with Crippen LogP contribution in [0.5, 0.6) is 0 Å². The highest BCUT2D eigenvalue weighted by molar-refractivity contribution is 5.79. The van der Waals surface area contributed by atoms with Gasteiger partial charge in [0.1, 0.15) is 0 Å². The van der Waals surface area contributed by atoms with Gasteiger partial charge in [-0.1, -0.05) is 25.0 Å². The van der Waals surface area contributed by atoms with Crippen molar-refractivity contribution in [3.05, 3.63) is 35.4 Å². The maximum atomic E-state index is 12.7. The summed E-state index contributed by atoms with van der Waals surface area (Å²) in [4.78, 5) is 6.48. The van der Waals surface area contributed by atoms with E-state index in [1.54, 1.807) is 13.1 Å². The third-order valence-corrected chi connectivity index (χ3v) is 4.64. The lowest BCUT2D eigenvalue weighted by Gasteiger charge is -2.24. The Kier molecular flexibility index (Phi) is 7.11. The molecular weight excluding hydrogens is 329 g/mol. The molecule has 0 spiro atoms. The minimum absolute atomic E-state index is 0.294. The molecule has 0 atom stereocenters. The van der Waals surface area contributed by atoms with Gasteiger partial charge < -0.3 is 15.5 Å². The van der Waals surface area contributed by atoms with Gasteiger partial charge in [-0.05, 0) is 37.6 Å². The van der Waals surface area contributed by atoms with Gasteiger partial charge in [-0.3, -0.25) is 4.99 Å². The zero-order valence-corrected chi connectivity index (χ0v) is 14.9. The van der Waals surface area contributed by atoms with E-state index in [0.29, 0.717) is 24.1 Å². The molecule has 140 valence electrons. The number of hydrogen-bond donors (Lipinski definition) is 2. The maximum Gasteiger partial charge on any atom is 0.416 e. The van der Waals surface area contributed by atoms with Crippen molar-refractivity contribution in [2.24, 2.45) is 4.99 Å². The summed E-state index contributed by atoms with van der Waals surface area (Å²) in [7, 11) is 3.79. The van der Waals surface area contributed by atoms with E-state index in [1.807, 2.05) is 0 Å². The van der Waals surface area contributed by atoms with E-state index in [2.05, 4.69) is 27.6 Å². The SMILES string of the molecule is CN=C(NCCN(C)C1CCCC1)NCc1cccc(C(F)(F)F)c1. The number of hydrogen-bond acceptors (Lipinski definition) is 2. The zero-order chi connectivity index (χ0) is 18.3. The summed E-state index contributed by atoms with van der Waals surface area (Å²) in [6, 6.07) is 6.00. The van der Waals surface area contributed by atoms with Crippen molar-refractivity contribution in [2.75, 3.05) is 27.2 Å². The molecule has 1 aliphatic carbocycles. The van der Waals surface area contributed by atoms with Crippen molar-refractivity contribution in [3.8, 4) is 0 Å². The first-order chi connectivity index (χ1) is 11.9. The number of likely N-dealkylation sites (N-methyl/N-ethyl adjacent to an activating group) is 1. The summed E-state index contributed by atoms with van der Waals surface area (Å²) < 4.78 is 38.2. The molecule has 0 unspecified atom stereocenters. The van der Waals surface area contributed by atoms with Gasteiger partial charge in [0.05, 0.1) is 5.56 Å². The van der Waals surface area contributed by atoms with Crippen molar-refractivity contribution in [1.29, 1.82) is 0 Å². The third kappa shape index (κ3) is 6.23. The number of alkyl halides is 3. The third-order valence-electron chi connectivity index (χ3n) is 4.64. The van der Waals surface area contributed by atoms with Crippen LogP contribution in [0.25, 0.3) is 0 Å². The van der Waals surface area contributed by atoms with Crippen molar-refractivity contribution >= 4 is 5.96 Å². The monoisotopic (exact) mass is 356 g/mol. The van der Waals surface area contributed by atoms with Crippen LogP contribution in [0.3, 0.4) is 0 Å². The normalized spacial score (nSPS) is 16.5. The number of nitrogens with one attached hydrogen (secondary N) is 2. The minimum Gasteiger partial charge on any atom is -0.355 e.